The Kier molecular flexibility index (Phi) is 10.0. The SMILES string of the molecule is CCOc1cc(-c2ccc(CC(=O)Nc3cnc(OCC)c(C(F)(F)F)c3)c(F)c2)cnc1OCc1ccc(OC)cc1. The molecule has 0 atom stereocenters. The molecule has 4 rings (SSSR count). The van der Waals surface area contributed by atoms with E-state index in [9.17, 15) is 18.0 Å². The number of carbonyl (C=O) groups is 1. The Bertz CT molecular complexity index is 1560. The molecule has 1 amide bonds. The van der Waals surface area contributed by atoms with Crippen molar-refractivity contribution in [3.05, 3.63) is 89.5 Å². The molecule has 0 radical (unpaired) electrons. The molecule has 0 saturated heterocycles. The number of ether oxygens (including phenoxy) is 4. The number of hydrogen-bond donors (Lipinski definition) is 1. The van der Waals surface area contributed by atoms with Crippen LogP contribution in [0.3, 0.4) is 0 Å². The van der Waals surface area contributed by atoms with E-state index in [1.165, 1.54) is 25.3 Å². The van der Waals surface area contributed by atoms with E-state index < -0.39 is 35.8 Å². The maximum atomic E-state index is 15.0. The van der Waals surface area contributed by atoms with Crippen LogP contribution < -0.4 is 24.3 Å². The van der Waals surface area contributed by atoms with Gasteiger partial charge in [0, 0.05) is 11.8 Å². The number of pyridine rings is 2. The third-order valence-electron chi connectivity index (χ3n) is 6.11. The Balaban J connectivity index is 1.45. The first-order valence-corrected chi connectivity index (χ1v) is 13.3. The highest BCUT2D eigenvalue weighted by Crippen LogP contribution is 2.36. The van der Waals surface area contributed by atoms with Crippen molar-refractivity contribution in [3.63, 3.8) is 0 Å². The number of aromatic nitrogens is 2. The molecule has 0 bridgehead atoms. The highest BCUT2D eigenvalue weighted by Gasteiger charge is 2.36. The molecular formula is C31H29F4N3O5. The molecule has 0 saturated carbocycles. The van der Waals surface area contributed by atoms with Gasteiger partial charge < -0.3 is 24.3 Å². The molecule has 2 heterocycles. The Morgan fingerprint density at radius 3 is 2.23 bits per heavy atom. The summed E-state index contributed by atoms with van der Waals surface area (Å²) < 4.78 is 76.8. The van der Waals surface area contributed by atoms with Gasteiger partial charge in [0.1, 0.15) is 23.7 Å². The van der Waals surface area contributed by atoms with Crippen LogP contribution in [0.25, 0.3) is 11.1 Å². The van der Waals surface area contributed by atoms with Gasteiger partial charge in [-0.15, -0.1) is 0 Å². The molecule has 0 unspecified atom stereocenters. The van der Waals surface area contributed by atoms with Crippen LogP contribution in [0, 0.1) is 5.82 Å². The van der Waals surface area contributed by atoms with Gasteiger partial charge in [0.05, 0.1) is 38.6 Å². The second kappa shape index (κ2) is 13.9. The summed E-state index contributed by atoms with van der Waals surface area (Å²) in [5.74, 6) is -0.610. The minimum absolute atomic E-state index is 0.0113. The lowest BCUT2D eigenvalue weighted by molar-refractivity contribution is -0.139. The lowest BCUT2D eigenvalue weighted by Gasteiger charge is -2.14. The summed E-state index contributed by atoms with van der Waals surface area (Å²) >= 11 is 0. The quantitative estimate of drug-likeness (QED) is 0.178. The number of nitrogens with one attached hydrogen (secondary N) is 1. The standard InChI is InChI=1S/C31H29F4N3O5/c1-4-41-27-13-22(16-36-30(27)43-18-19-6-10-24(40-3)11-7-19)20-8-9-21(26(32)12-20)14-28(39)38-23-15-25(31(33,34)35)29(37-17-23)42-5-2/h6-13,15-17H,4-5,14,18H2,1-3H3,(H,38,39). The van der Waals surface area contributed by atoms with Gasteiger partial charge in [0.2, 0.25) is 11.8 Å². The van der Waals surface area contributed by atoms with Crippen LogP contribution in [-0.2, 0) is 24.0 Å². The van der Waals surface area contributed by atoms with E-state index in [0.717, 1.165) is 23.6 Å². The largest absolute Gasteiger partial charge is 0.497 e. The summed E-state index contributed by atoms with van der Waals surface area (Å²) in [5.41, 5.74) is 0.656. The van der Waals surface area contributed by atoms with Crippen LogP contribution in [-0.4, -0.2) is 36.2 Å². The Hall–Kier alpha value is -4.87. The molecule has 0 aliphatic carbocycles. The predicted molar refractivity (Wildman–Crippen MR) is 151 cm³/mol. The van der Waals surface area contributed by atoms with E-state index in [4.69, 9.17) is 18.9 Å². The van der Waals surface area contributed by atoms with Crippen molar-refractivity contribution in [1.29, 1.82) is 0 Å². The number of alkyl halides is 3. The Labute approximate surface area is 245 Å². The van der Waals surface area contributed by atoms with Crippen molar-refractivity contribution in [2.75, 3.05) is 25.6 Å². The second-order valence-corrected chi connectivity index (χ2v) is 9.14. The molecule has 2 aromatic heterocycles. The normalized spacial score (nSPS) is 11.1. The number of halogens is 4. The van der Waals surface area contributed by atoms with Gasteiger partial charge in [0.25, 0.3) is 5.88 Å². The summed E-state index contributed by atoms with van der Waals surface area (Å²) in [4.78, 5) is 20.6. The average molecular weight is 600 g/mol. The van der Waals surface area contributed by atoms with Gasteiger partial charge in [-0.1, -0.05) is 24.3 Å². The van der Waals surface area contributed by atoms with Crippen LogP contribution in [0.1, 0.15) is 30.5 Å². The number of hydrogen-bond acceptors (Lipinski definition) is 7. The second-order valence-electron chi connectivity index (χ2n) is 9.14. The third kappa shape index (κ3) is 8.12. The summed E-state index contributed by atoms with van der Waals surface area (Å²) in [5, 5.41) is 2.33. The maximum Gasteiger partial charge on any atom is 0.421 e. The van der Waals surface area contributed by atoms with E-state index in [0.29, 0.717) is 23.5 Å². The lowest BCUT2D eigenvalue weighted by atomic mass is 10.0. The molecule has 2 aromatic carbocycles. The van der Waals surface area contributed by atoms with E-state index in [-0.39, 0.29) is 30.3 Å². The fourth-order valence-corrected chi connectivity index (χ4v) is 4.05. The Morgan fingerprint density at radius 2 is 1.58 bits per heavy atom. The molecule has 226 valence electrons. The number of carbonyl (C=O) groups excluding carboxylic acids is 1. The van der Waals surface area contributed by atoms with Crippen molar-refractivity contribution in [3.8, 4) is 34.4 Å². The molecule has 43 heavy (non-hydrogen) atoms. The van der Waals surface area contributed by atoms with E-state index in [1.54, 1.807) is 19.2 Å². The summed E-state index contributed by atoms with van der Waals surface area (Å²) in [6.45, 7) is 3.92. The highest BCUT2D eigenvalue weighted by atomic mass is 19.4. The predicted octanol–water partition coefficient (Wildman–Crippen LogP) is 6.87. The number of benzene rings is 2. The van der Waals surface area contributed by atoms with Crippen molar-refractivity contribution >= 4 is 11.6 Å². The van der Waals surface area contributed by atoms with Gasteiger partial charge in [-0.05, 0) is 60.9 Å². The fraction of sp³-hybridized carbons (Fsp3) is 0.258. The van der Waals surface area contributed by atoms with Gasteiger partial charge in [-0.25, -0.2) is 14.4 Å². The van der Waals surface area contributed by atoms with Gasteiger partial charge in [-0.2, -0.15) is 13.2 Å². The zero-order valence-electron chi connectivity index (χ0n) is 23.6. The maximum absolute atomic E-state index is 15.0. The number of amides is 1. The van der Waals surface area contributed by atoms with Crippen molar-refractivity contribution in [2.45, 2.75) is 33.1 Å². The minimum Gasteiger partial charge on any atom is -0.497 e. The van der Waals surface area contributed by atoms with Crippen LogP contribution in [0.15, 0.2) is 67.0 Å². The number of anilines is 1. The first-order valence-electron chi connectivity index (χ1n) is 13.3. The van der Waals surface area contributed by atoms with E-state index in [2.05, 4.69) is 15.3 Å². The molecule has 1 N–H and O–H groups in total. The molecule has 12 heteroatoms. The summed E-state index contributed by atoms with van der Waals surface area (Å²) in [6.07, 6.45) is -2.59. The van der Waals surface area contributed by atoms with Crippen molar-refractivity contribution in [1.82, 2.24) is 9.97 Å². The Morgan fingerprint density at radius 1 is 0.860 bits per heavy atom. The van der Waals surface area contributed by atoms with Crippen molar-refractivity contribution < 1.29 is 41.3 Å². The van der Waals surface area contributed by atoms with Crippen LogP contribution >= 0.6 is 0 Å². The lowest BCUT2D eigenvalue weighted by Crippen LogP contribution is -2.17. The van der Waals surface area contributed by atoms with Gasteiger partial charge >= 0.3 is 6.18 Å². The smallest absolute Gasteiger partial charge is 0.421 e. The van der Waals surface area contributed by atoms with Crippen molar-refractivity contribution in [2.24, 2.45) is 0 Å². The molecule has 0 aliphatic rings. The highest BCUT2D eigenvalue weighted by molar-refractivity contribution is 5.92. The first-order chi connectivity index (χ1) is 20.6. The van der Waals surface area contributed by atoms with Crippen LogP contribution in [0.5, 0.6) is 23.3 Å². The van der Waals surface area contributed by atoms with Crippen LogP contribution in [0.2, 0.25) is 0 Å². The molecule has 8 nitrogen and oxygen atoms in total. The zero-order chi connectivity index (χ0) is 31.0. The van der Waals surface area contributed by atoms with Gasteiger partial charge in [0.15, 0.2) is 5.75 Å². The number of methoxy groups -OCH3 is 1. The van der Waals surface area contributed by atoms with E-state index in [1.807, 2.05) is 31.2 Å². The number of rotatable bonds is 12. The first kappa shape index (κ1) is 31.1. The topological polar surface area (TPSA) is 91.8 Å². The van der Waals surface area contributed by atoms with Gasteiger partial charge in [-0.3, -0.25) is 4.79 Å². The van der Waals surface area contributed by atoms with E-state index >= 15 is 4.39 Å². The minimum atomic E-state index is -4.74. The summed E-state index contributed by atoms with van der Waals surface area (Å²) in [6, 6.07) is 14.1. The third-order valence-corrected chi connectivity index (χ3v) is 6.11. The molecule has 0 fully saturated rings. The number of nitrogens with zero attached hydrogens (tertiary/aromatic N) is 2. The molecule has 4 aromatic rings. The monoisotopic (exact) mass is 599 g/mol. The molecule has 0 spiro atoms. The fourth-order valence-electron chi connectivity index (χ4n) is 4.05. The molecule has 0 aliphatic heterocycles. The zero-order valence-corrected chi connectivity index (χ0v) is 23.6. The summed E-state index contributed by atoms with van der Waals surface area (Å²) in [7, 11) is 1.59. The average Bonchev–Trinajstić information content (AvgIpc) is 2.98. The van der Waals surface area contributed by atoms with Crippen LogP contribution in [0.4, 0.5) is 23.2 Å². The molecular weight excluding hydrogens is 570 g/mol.